The number of nitrogens with zero attached hydrogens (tertiary/aromatic N) is 1. The summed E-state index contributed by atoms with van der Waals surface area (Å²) in [4.78, 5) is 5.36. The van der Waals surface area contributed by atoms with E-state index in [1.165, 1.54) is 22.1 Å². The van der Waals surface area contributed by atoms with Gasteiger partial charge in [-0.25, -0.2) is 4.98 Å². The van der Waals surface area contributed by atoms with Gasteiger partial charge in [0.05, 0.1) is 22.6 Å². The quantitative estimate of drug-likeness (QED) is 0.259. The topological polar surface area (TPSA) is 31.4 Å². The molecule has 1 aliphatic heterocycles. The summed E-state index contributed by atoms with van der Waals surface area (Å²) in [6.45, 7) is 17.1. The van der Waals surface area contributed by atoms with Crippen LogP contribution in [0.3, 0.4) is 0 Å². The highest BCUT2D eigenvalue weighted by molar-refractivity contribution is 6.55. The normalized spacial score (nSPS) is 24.6. The van der Waals surface area contributed by atoms with Crippen LogP contribution < -0.4 is 0 Å². The van der Waals surface area contributed by atoms with Gasteiger partial charge in [0.15, 0.2) is 0 Å². The molecule has 3 nitrogen and oxygen atoms in total. The molecule has 0 radical (unpaired) electrons. The van der Waals surface area contributed by atoms with Crippen LogP contribution in [0.5, 0.6) is 0 Å². The van der Waals surface area contributed by atoms with Crippen molar-refractivity contribution in [2.45, 2.75) is 64.1 Å². The predicted molar refractivity (Wildman–Crippen MR) is 164 cm³/mol. The number of pyridine rings is 1. The summed E-state index contributed by atoms with van der Waals surface area (Å²) >= 11 is 0. The van der Waals surface area contributed by atoms with Gasteiger partial charge in [-0.2, -0.15) is 0 Å². The van der Waals surface area contributed by atoms with Gasteiger partial charge in [-0.15, -0.1) is 0 Å². The largest absolute Gasteiger partial charge is 0.494 e. The van der Waals surface area contributed by atoms with Crippen molar-refractivity contribution >= 4 is 23.5 Å². The average molecular weight is 513 g/mol. The molecular weight excluding hydrogens is 477 g/mol. The van der Waals surface area contributed by atoms with E-state index >= 15 is 0 Å². The molecule has 6 rings (SSSR count). The fourth-order valence-corrected chi connectivity index (χ4v) is 6.16. The summed E-state index contributed by atoms with van der Waals surface area (Å²) in [6.07, 6.45) is 15.2. The van der Waals surface area contributed by atoms with Crippen molar-refractivity contribution in [2.24, 2.45) is 0 Å². The Bertz CT molecular complexity index is 1610. The third-order valence-corrected chi connectivity index (χ3v) is 9.17. The van der Waals surface area contributed by atoms with Crippen molar-refractivity contribution in [2.75, 3.05) is 0 Å². The molecule has 0 spiro atoms. The molecule has 2 atom stereocenters. The molecule has 0 saturated carbocycles. The van der Waals surface area contributed by atoms with Gasteiger partial charge in [-0.1, -0.05) is 105 Å². The average Bonchev–Trinajstić information content (AvgIpc) is 3.14. The summed E-state index contributed by atoms with van der Waals surface area (Å²) in [5.41, 5.74) is 6.68. The minimum Gasteiger partial charge on any atom is -0.399 e. The molecule has 0 bridgehead atoms. The van der Waals surface area contributed by atoms with Gasteiger partial charge in [0.2, 0.25) is 0 Å². The highest BCUT2D eigenvalue weighted by Crippen LogP contribution is 2.54. The van der Waals surface area contributed by atoms with Crippen LogP contribution in [0.15, 0.2) is 103 Å². The van der Waals surface area contributed by atoms with Crippen molar-refractivity contribution in [1.82, 2.24) is 4.98 Å². The van der Waals surface area contributed by atoms with Crippen LogP contribution in [0.1, 0.15) is 64.3 Å². The third kappa shape index (κ3) is 3.92. The summed E-state index contributed by atoms with van der Waals surface area (Å²) < 4.78 is 12.6. The molecule has 2 unspecified atom stereocenters. The molecule has 39 heavy (non-hydrogen) atoms. The molecule has 0 N–H and O–H groups in total. The summed E-state index contributed by atoms with van der Waals surface area (Å²) in [5, 5.41) is 2.35. The Kier molecular flexibility index (Phi) is 5.98. The molecule has 1 fully saturated rings. The maximum Gasteiger partial charge on any atom is 0.494 e. The number of benzene rings is 2. The molecule has 4 heteroatoms. The second-order valence-corrected chi connectivity index (χ2v) is 12.1. The molecule has 2 heterocycles. The Hall–Kier alpha value is -3.47. The first kappa shape index (κ1) is 25.8. The molecule has 1 saturated heterocycles. The van der Waals surface area contributed by atoms with E-state index in [0.717, 1.165) is 27.8 Å². The van der Waals surface area contributed by atoms with Crippen LogP contribution in [0.4, 0.5) is 0 Å². The second kappa shape index (κ2) is 9.04. The molecule has 1 aromatic heterocycles. The zero-order valence-corrected chi connectivity index (χ0v) is 23.8. The van der Waals surface area contributed by atoms with E-state index < -0.39 is 18.3 Å². The standard InChI is InChI=1S/C35H36BNO2/c1-8-24(36-38-33(3,4)34(5,6)39-36)21-20-23(2)31-26-16-10-9-15-25(26)30-29-19-13-14-22-35(29,7)28-18-12-11-17-27(28)32(30)37-31/h8-22,29H,2H2,1,3-7H3/b21-20-,24-8+. The lowest BCUT2D eigenvalue weighted by molar-refractivity contribution is 0.00578. The highest BCUT2D eigenvalue weighted by Gasteiger charge is 2.52. The fraction of sp³-hybridized carbons (Fsp3) is 0.286. The number of aromatic nitrogens is 1. The van der Waals surface area contributed by atoms with Crippen LogP contribution in [0.25, 0.3) is 27.6 Å². The lowest BCUT2D eigenvalue weighted by Gasteiger charge is -2.42. The monoisotopic (exact) mass is 513 g/mol. The highest BCUT2D eigenvalue weighted by atomic mass is 16.7. The van der Waals surface area contributed by atoms with Gasteiger partial charge < -0.3 is 9.31 Å². The molecule has 2 aliphatic carbocycles. The molecule has 3 aliphatic rings. The van der Waals surface area contributed by atoms with Gasteiger partial charge in [0.1, 0.15) is 0 Å². The van der Waals surface area contributed by atoms with Gasteiger partial charge >= 0.3 is 7.12 Å². The maximum atomic E-state index is 6.30. The lowest BCUT2D eigenvalue weighted by atomic mass is 9.61. The molecule has 3 aromatic rings. The predicted octanol–water partition coefficient (Wildman–Crippen LogP) is 8.53. The van der Waals surface area contributed by atoms with Crippen molar-refractivity contribution in [3.63, 3.8) is 0 Å². The van der Waals surface area contributed by atoms with Gasteiger partial charge in [-0.3, -0.25) is 0 Å². The van der Waals surface area contributed by atoms with Crippen molar-refractivity contribution < 1.29 is 9.31 Å². The number of allylic oxidation sites excluding steroid dienone is 9. The first-order valence-corrected chi connectivity index (χ1v) is 13.8. The van der Waals surface area contributed by atoms with Crippen molar-refractivity contribution in [3.05, 3.63) is 120 Å². The van der Waals surface area contributed by atoms with Gasteiger partial charge in [-0.05, 0) is 62.2 Å². The van der Waals surface area contributed by atoms with Crippen molar-refractivity contribution in [3.8, 4) is 11.3 Å². The Morgan fingerprint density at radius 1 is 0.897 bits per heavy atom. The first-order chi connectivity index (χ1) is 18.6. The second-order valence-electron chi connectivity index (χ2n) is 12.1. The lowest BCUT2D eigenvalue weighted by Crippen LogP contribution is -2.41. The zero-order chi connectivity index (χ0) is 27.6. The smallest absolute Gasteiger partial charge is 0.399 e. The van der Waals surface area contributed by atoms with E-state index in [0.29, 0.717) is 0 Å². The van der Waals surface area contributed by atoms with E-state index in [-0.39, 0.29) is 11.3 Å². The number of hydrogen-bond donors (Lipinski definition) is 0. The van der Waals surface area contributed by atoms with E-state index in [1.54, 1.807) is 0 Å². The maximum absolute atomic E-state index is 6.30. The minimum absolute atomic E-state index is 0.120. The Morgan fingerprint density at radius 3 is 2.28 bits per heavy atom. The number of hydrogen-bond acceptors (Lipinski definition) is 3. The molecular formula is C35H36BNO2. The molecule has 0 amide bonds. The SMILES string of the molecule is C=C(/C=C\C(=C/C)B1OC(C)(C)C(C)(C)O1)c1nc2c(c3ccccc13)C1C=CC=CC1(C)c1ccccc1-2. The van der Waals surface area contributed by atoms with E-state index in [9.17, 15) is 0 Å². The summed E-state index contributed by atoms with van der Waals surface area (Å²) in [5.74, 6) is 0.209. The third-order valence-electron chi connectivity index (χ3n) is 9.17. The van der Waals surface area contributed by atoms with E-state index in [1.807, 2.05) is 19.1 Å². The first-order valence-electron chi connectivity index (χ1n) is 13.8. The Morgan fingerprint density at radius 2 is 1.56 bits per heavy atom. The van der Waals surface area contributed by atoms with Crippen LogP contribution in [-0.4, -0.2) is 23.3 Å². The Balaban J connectivity index is 1.46. The van der Waals surface area contributed by atoms with Crippen LogP contribution in [-0.2, 0) is 14.7 Å². The Labute approximate surface area is 232 Å². The van der Waals surface area contributed by atoms with Gasteiger partial charge in [0.25, 0.3) is 0 Å². The van der Waals surface area contributed by atoms with Crippen molar-refractivity contribution in [1.29, 1.82) is 0 Å². The summed E-state index contributed by atoms with van der Waals surface area (Å²) in [7, 11) is -0.423. The van der Waals surface area contributed by atoms with E-state index in [4.69, 9.17) is 14.3 Å². The van der Waals surface area contributed by atoms with Crippen LogP contribution in [0, 0.1) is 0 Å². The molecule has 196 valence electrons. The van der Waals surface area contributed by atoms with Crippen LogP contribution >= 0.6 is 0 Å². The van der Waals surface area contributed by atoms with Gasteiger partial charge in [0, 0.05) is 22.3 Å². The number of rotatable bonds is 4. The fourth-order valence-electron chi connectivity index (χ4n) is 6.16. The summed E-state index contributed by atoms with van der Waals surface area (Å²) in [6, 6.07) is 17.3. The zero-order valence-electron chi connectivity index (χ0n) is 23.8. The number of fused-ring (bicyclic) bond motifs is 8. The van der Waals surface area contributed by atoms with E-state index in [2.05, 4.69) is 120 Å². The molecule has 2 aromatic carbocycles. The van der Waals surface area contributed by atoms with Crippen LogP contribution in [0.2, 0.25) is 0 Å². The minimum atomic E-state index is -0.423.